The molecule has 5 heteroatoms. The summed E-state index contributed by atoms with van der Waals surface area (Å²) in [6.45, 7) is 1.80. The largest absolute Gasteiger partial charge is 0.322 e. The van der Waals surface area contributed by atoms with Gasteiger partial charge in [-0.15, -0.1) is 0 Å². The van der Waals surface area contributed by atoms with E-state index in [4.69, 9.17) is 11.6 Å². The first-order valence-corrected chi connectivity index (χ1v) is 7.53. The number of benzene rings is 2. The van der Waals surface area contributed by atoms with E-state index >= 15 is 0 Å². The molecular weight excluding hydrogens is 303 g/mol. The summed E-state index contributed by atoms with van der Waals surface area (Å²) in [5.74, 6) is -0.720. The third-order valence-corrected chi connectivity index (χ3v) is 4.01. The number of rotatable bonds is 3. The molecule has 0 saturated carbocycles. The van der Waals surface area contributed by atoms with Crippen molar-refractivity contribution >= 4 is 23.2 Å². The van der Waals surface area contributed by atoms with Crippen LogP contribution in [0.4, 0.5) is 10.1 Å². The molecule has 0 unspecified atom stereocenters. The van der Waals surface area contributed by atoms with E-state index in [1.54, 1.807) is 0 Å². The minimum absolute atomic E-state index is 0.120. The highest BCUT2D eigenvalue weighted by Gasteiger charge is 2.18. The summed E-state index contributed by atoms with van der Waals surface area (Å²) in [6, 6.07) is 12.3. The van der Waals surface area contributed by atoms with Crippen molar-refractivity contribution < 1.29 is 9.18 Å². The van der Waals surface area contributed by atoms with Gasteiger partial charge in [-0.2, -0.15) is 0 Å². The Morgan fingerprint density at radius 2 is 2.00 bits per heavy atom. The van der Waals surface area contributed by atoms with E-state index in [-0.39, 0.29) is 18.1 Å². The van der Waals surface area contributed by atoms with Gasteiger partial charge in [-0.1, -0.05) is 35.9 Å². The summed E-state index contributed by atoms with van der Waals surface area (Å²) < 4.78 is 13.6. The summed E-state index contributed by atoms with van der Waals surface area (Å²) in [6.07, 6.45) is 0.926. The number of carbonyl (C=O) groups is 1. The Labute approximate surface area is 133 Å². The van der Waals surface area contributed by atoms with Gasteiger partial charge >= 0.3 is 0 Å². The van der Waals surface area contributed by atoms with Crippen molar-refractivity contribution in [1.82, 2.24) is 4.90 Å². The average molecular weight is 319 g/mol. The molecule has 2 aromatic rings. The van der Waals surface area contributed by atoms with Gasteiger partial charge in [0.25, 0.3) is 0 Å². The molecule has 2 aromatic carbocycles. The summed E-state index contributed by atoms with van der Waals surface area (Å²) in [5.41, 5.74) is 2.70. The molecule has 0 radical (unpaired) electrons. The topological polar surface area (TPSA) is 32.3 Å². The standard InChI is InChI=1S/C17H16ClFN2O/c18-14-5-6-15(19)16(9-14)20-17(22)11-21-8-7-12-3-1-2-4-13(12)10-21/h1-6,9H,7-8,10-11H2,(H,20,22). The molecule has 3 nitrogen and oxygen atoms in total. The molecule has 1 amide bonds. The van der Waals surface area contributed by atoms with Gasteiger partial charge in [-0.25, -0.2) is 4.39 Å². The van der Waals surface area contributed by atoms with Crippen molar-refractivity contribution in [3.63, 3.8) is 0 Å². The highest BCUT2D eigenvalue weighted by Crippen LogP contribution is 2.21. The van der Waals surface area contributed by atoms with Gasteiger partial charge < -0.3 is 5.32 Å². The van der Waals surface area contributed by atoms with Crippen molar-refractivity contribution in [2.75, 3.05) is 18.4 Å². The molecule has 0 fully saturated rings. The van der Waals surface area contributed by atoms with Gasteiger partial charge in [-0.05, 0) is 35.7 Å². The fraction of sp³-hybridized carbons (Fsp3) is 0.235. The molecule has 1 aliphatic rings. The van der Waals surface area contributed by atoms with Gasteiger partial charge in [0.2, 0.25) is 5.91 Å². The quantitative estimate of drug-likeness (QED) is 0.939. The van der Waals surface area contributed by atoms with Gasteiger partial charge in [0.15, 0.2) is 0 Å². The Kier molecular flexibility index (Phi) is 4.41. The van der Waals surface area contributed by atoms with Crippen LogP contribution in [0.1, 0.15) is 11.1 Å². The minimum atomic E-state index is -0.485. The molecule has 114 valence electrons. The normalized spacial score (nSPS) is 14.5. The molecule has 0 spiro atoms. The second kappa shape index (κ2) is 6.46. The first kappa shape index (κ1) is 15.0. The second-order valence-electron chi connectivity index (χ2n) is 5.40. The SMILES string of the molecule is O=C(CN1CCc2ccccc2C1)Nc1cc(Cl)ccc1F. The van der Waals surface area contributed by atoms with Crippen LogP contribution in [0.3, 0.4) is 0 Å². The molecule has 1 aliphatic heterocycles. The van der Waals surface area contributed by atoms with Crippen molar-refractivity contribution in [3.8, 4) is 0 Å². The van der Waals surface area contributed by atoms with Crippen LogP contribution in [-0.2, 0) is 17.8 Å². The number of amides is 1. The lowest BCUT2D eigenvalue weighted by Gasteiger charge is -2.28. The number of hydrogen-bond acceptors (Lipinski definition) is 2. The van der Waals surface area contributed by atoms with E-state index < -0.39 is 5.82 Å². The summed E-state index contributed by atoms with van der Waals surface area (Å²) in [7, 11) is 0. The molecular formula is C17H16ClFN2O. The lowest BCUT2D eigenvalue weighted by molar-refractivity contribution is -0.117. The van der Waals surface area contributed by atoms with E-state index in [1.807, 2.05) is 12.1 Å². The maximum Gasteiger partial charge on any atom is 0.238 e. The maximum atomic E-state index is 13.6. The van der Waals surface area contributed by atoms with Crippen molar-refractivity contribution in [1.29, 1.82) is 0 Å². The minimum Gasteiger partial charge on any atom is -0.322 e. The third kappa shape index (κ3) is 3.46. The number of carbonyl (C=O) groups excluding carboxylic acids is 1. The van der Waals surface area contributed by atoms with Gasteiger partial charge in [0.05, 0.1) is 12.2 Å². The molecule has 0 aromatic heterocycles. The zero-order chi connectivity index (χ0) is 15.5. The Morgan fingerprint density at radius 3 is 2.82 bits per heavy atom. The van der Waals surface area contributed by atoms with E-state index in [9.17, 15) is 9.18 Å². The van der Waals surface area contributed by atoms with Crippen LogP contribution >= 0.6 is 11.6 Å². The molecule has 0 bridgehead atoms. The van der Waals surface area contributed by atoms with Gasteiger partial charge in [-0.3, -0.25) is 9.69 Å². The number of anilines is 1. The van der Waals surface area contributed by atoms with E-state index in [1.165, 1.54) is 29.3 Å². The van der Waals surface area contributed by atoms with Crippen LogP contribution in [0.25, 0.3) is 0 Å². The van der Waals surface area contributed by atoms with Crippen molar-refractivity contribution in [3.05, 3.63) is 64.4 Å². The second-order valence-corrected chi connectivity index (χ2v) is 5.84. The van der Waals surface area contributed by atoms with Crippen LogP contribution in [-0.4, -0.2) is 23.9 Å². The molecule has 0 atom stereocenters. The van der Waals surface area contributed by atoms with Gasteiger partial charge in [0, 0.05) is 18.1 Å². The van der Waals surface area contributed by atoms with E-state index in [0.29, 0.717) is 5.02 Å². The molecule has 22 heavy (non-hydrogen) atoms. The lowest BCUT2D eigenvalue weighted by atomic mass is 10.00. The first-order valence-electron chi connectivity index (χ1n) is 7.16. The molecule has 0 aliphatic carbocycles. The van der Waals surface area contributed by atoms with Crippen LogP contribution < -0.4 is 5.32 Å². The molecule has 1 N–H and O–H groups in total. The monoisotopic (exact) mass is 318 g/mol. The molecule has 1 heterocycles. The highest BCUT2D eigenvalue weighted by atomic mass is 35.5. The zero-order valence-corrected chi connectivity index (χ0v) is 12.7. The number of hydrogen-bond donors (Lipinski definition) is 1. The first-order chi connectivity index (χ1) is 10.6. The highest BCUT2D eigenvalue weighted by molar-refractivity contribution is 6.30. The summed E-state index contributed by atoms with van der Waals surface area (Å²) in [5, 5.41) is 2.97. The van der Waals surface area contributed by atoms with Crippen LogP contribution in [0.5, 0.6) is 0 Å². The Morgan fingerprint density at radius 1 is 1.23 bits per heavy atom. The smallest absolute Gasteiger partial charge is 0.238 e. The van der Waals surface area contributed by atoms with E-state index in [0.717, 1.165) is 19.5 Å². The van der Waals surface area contributed by atoms with Crippen LogP contribution in [0, 0.1) is 5.82 Å². The average Bonchev–Trinajstić information content (AvgIpc) is 2.51. The molecule has 0 saturated heterocycles. The summed E-state index contributed by atoms with van der Waals surface area (Å²) in [4.78, 5) is 14.1. The number of nitrogens with one attached hydrogen (secondary N) is 1. The van der Waals surface area contributed by atoms with Crippen molar-refractivity contribution in [2.24, 2.45) is 0 Å². The van der Waals surface area contributed by atoms with Gasteiger partial charge in [0.1, 0.15) is 5.82 Å². The maximum absolute atomic E-state index is 13.6. The summed E-state index contributed by atoms with van der Waals surface area (Å²) >= 11 is 5.82. The Bertz CT molecular complexity index is 705. The Balaban J connectivity index is 1.62. The predicted molar refractivity (Wildman–Crippen MR) is 85.5 cm³/mol. The third-order valence-electron chi connectivity index (χ3n) is 3.78. The van der Waals surface area contributed by atoms with Crippen LogP contribution in [0.15, 0.2) is 42.5 Å². The van der Waals surface area contributed by atoms with Crippen LogP contribution in [0.2, 0.25) is 5.02 Å². The lowest BCUT2D eigenvalue weighted by Crippen LogP contribution is -2.37. The zero-order valence-electron chi connectivity index (χ0n) is 12.0. The van der Waals surface area contributed by atoms with E-state index in [2.05, 4.69) is 22.3 Å². The Hall–Kier alpha value is -1.91. The predicted octanol–water partition coefficient (Wildman–Crippen LogP) is 3.48. The molecule has 3 rings (SSSR count). The number of fused-ring (bicyclic) bond motifs is 1. The number of halogens is 2. The fourth-order valence-electron chi connectivity index (χ4n) is 2.68. The number of nitrogens with zero attached hydrogens (tertiary/aromatic N) is 1. The van der Waals surface area contributed by atoms with Crippen molar-refractivity contribution in [2.45, 2.75) is 13.0 Å². The fourth-order valence-corrected chi connectivity index (χ4v) is 2.85.